The van der Waals surface area contributed by atoms with Gasteiger partial charge >= 0.3 is 16.8 Å². The first-order valence-corrected chi connectivity index (χ1v) is 21.6. The van der Waals surface area contributed by atoms with Gasteiger partial charge in [-0.1, -0.05) is 40.7 Å². The van der Waals surface area contributed by atoms with Crippen molar-refractivity contribution in [3.05, 3.63) is 39.6 Å². The average Bonchev–Trinajstić information content (AvgIpc) is 3.75. The molecule has 1 saturated heterocycles. The number of carboxylic acid groups (broad SMARTS) is 1. The molecule has 0 aliphatic carbocycles. The largest absolute Gasteiger partial charge is 2.00 e. The van der Waals surface area contributed by atoms with E-state index in [-0.39, 0.29) is 81.0 Å². The van der Waals surface area contributed by atoms with E-state index in [1.54, 1.807) is 6.92 Å². The van der Waals surface area contributed by atoms with Gasteiger partial charge < -0.3 is 49.6 Å². The van der Waals surface area contributed by atoms with Crippen molar-refractivity contribution in [1.82, 2.24) is 0 Å². The Balaban J connectivity index is 0.00000898. The maximum atomic E-state index is 13.4. The van der Waals surface area contributed by atoms with Gasteiger partial charge in [-0.05, 0) is 81.4 Å². The molecule has 5 aliphatic heterocycles. The van der Waals surface area contributed by atoms with Gasteiger partial charge in [0.05, 0.1) is 11.2 Å². The summed E-state index contributed by atoms with van der Waals surface area (Å²) in [5, 5.41) is 17.8. The fourth-order valence-electron chi connectivity index (χ4n) is 11.8. The molecule has 0 aromatic carbocycles. The molecule has 9 atom stereocenters. The number of carboxylic acids is 1. The molecule has 0 unspecified atom stereocenters. The van der Waals surface area contributed by atoms with Gasteiger partial charge in [-0.3, -0.25) is 43.7 Å². The van der Waals surface area contributed by atoms with Crippen molar-refractivity contribution in [2.75, 3.05) is 0 Å². The minimum atomic E-state index is -1.42. The first-order chi connectivity index (χ1) is 29.0. The molecule has 6 amide bonds. The van der Waals surface area contributed by atoms with E-state index in [0.29, 0.717) is 45.4 Å². The Morgan fingerprint density at radius 3 is 1.69 bits per heavy atom. The molecule has 0 aromatic rings. The zero-order valence-corrected chi connectivity index (χ0v) is 39.1. The third-order valence-electron chi connectivity index (χ3n) is 15.4. The monoisotopic (exact) mass is 931 g/mol. The van der Waals surface area contributed by atoms with Crippen molar-refractivity contribution in [1.29, 1.82) is 0 Å². The van der Waals surface area contributed by atoms with E-state index < -0.39 is 105 Å². The number of fused-ring (bicyclic) bond motifs is 6. The topological polar surface area (TPSA) is 350 Å². The summed E-state index contributed by atoms with van der Waals surface area (Å²) in [6, 6.07) is -0.959. The van der Waals surface area contributed by atoms with Crippen LogP contribution in [0.4, 0.5) is 0 Å². The molecule has 5 rings (SSSR count). The number of nitrogens with zero attached hydrogens (tertiary/aromatic N) is 4. The number of carbonyl (C=O) groups excluding carboxylic acids is 7. The van der Waals surface area contributed by atoms with Crippen LogP contribution in [-0.2, 0) is 50.3 Å². The summed E-state index contributed by atoms with van der Waals surface area (Å²) in [7, 11) is 0. The Bertz CT molecular complexity index is 2230. The minimum absolute atomic E-state index is 0. The Kier molecular flexibility index (Phi) is 14.8. The summed E-state index contributed by atoms with van der Waals surface area (Å²) in [5.74, 6) is -7.57. The van der Waals surface area contributed by atoms with Crippen molar-refractivity contribution in [3.8, 4) is 0 Å². The smallest absolute Gasteiger partial charge is 0.682 e. The van der Waals surface area contributed by atoms with Crippen molar-refractivity contribution in [2.45, 2.75) is 138 Å². The molecule has 8 bridgehead atoms. The van der Waals surface area contributed by atoms with Crippen LogP contribution in [-0.4, -0.2) is 70.1 Å². The van der Waals surface area contributed by atoms with Gasteiger partial charge in [-0.25, -0.2) is 0 Å². The molecule has 5 aliphatic rings. The molecular weight excluding hydrogens is 867 g/mol. The van der Waals surface area contributed by atoms with Crippen LogP contribution in [0.2, 0.25) is 0 Å². The molecule has 351 valence electrons. The Labute approximate surface area is 384 Å². The number of nitrogens with two attached hydrogens (primary N) is 6. The second kappa shape index (κ2) is 18.4. The van der Waals surface area contributed by atoms with Gasteiger partial charge in [-0.15, -0.1) is 0 Å². The summed E-state index contributed by atoms with van der Waals surface area (Å²) in [4.78, 5) is 105. The summed E-state index contributed by atoms with van der Waals surface area (Å²) in [5.41, 5.74) is 33.7. The predicted octanol–water partition coefficient (Wildman–Crippen LogP) is 1.77. The maximum Gasteiger partial charge on any atom is 2.00 e. The quantitative estimate of drug-likeness (QED) is 0.117. The molecule has 1 radical (unpaired) electrons. The van der Waals surface area contributed by atoms with Gasteiger partial charge in [0.15, 0.2) is 0 Å². The summed E-state index contributed by atoms with van der Waals surface area (Å²) in [6.07, 6.45) is 1.11. The Morgan fingerprint density at radius 2 is 1.19 bits per heavy atom. The van der Waals surface area contributed by atoms with Crippen molar-refractivity contribution < 1.29 is 55.4 Å². The van der Waals surface area contributed by atoms with E-state index in [9.17, 15) is 38.7 Å². The van der Waals surface area contributed by atoms with Gasteiger partial charge in [0.1, 0.15) is 0 Å². The summed E-state index contributed by atoms with van der Waals surface area (Å²) < 4.78 is 0. The number of aliphatic carboxylic acids is 1. The van der Waals surface area contributed by atoms with Gasteiger partial charge in [0.2, 0.25) is 35.4 Å². The molecule has 19 heteroatoms. The van der Waals surface area contributed by atoms with E-state index in [1.165, 1.54) is 0 Å². The molecule has 0 spiro atoms. The molecule has 0 saturated carbocycles. The second-order valence-electron chi connectivity index (χ2n) is 19.8. The molecule has 18 nitrogen and oxygen atoms in total. The van der Waals surface area contributed by atoms with E-state index in [4.69, 9.17) is 54.7 Å². The molecule has 0 aromatic heterocycles. The first-order valence-electron chi connectivity index (χ1n) is 21.6. The third-order valence-corrected chi connectivity index (χ3v) is 15.4. The van der Waals surface area contributed by atoms with Crippen LogP contribution in [0.5, 0.6) is 0 Å². The van der Waals surface area contributed by atoms with Crippen LogP contribution >= 0.6 is 0 Å². The zero-order chi connectivity index (χ0) is 47.4. The van der Waals surface area contributed by atoms with Crippen molar-refractivity contribution in [2.24, 2.45) is 94.7 Å². The first kappa shape index (κ1) is 51.5. The normalized spacial score (nSPS) is 35.6. The number of hydrogen-bond donors (Lipinski definition) is 6. The fourth-order valence-corrected chi connectivity index (χ4v) is 11.8. The Morgan fingerprint density at radius 1 is 0.656 bits per heavy atom. The third kappa shape index (κ3) is 9.06. The van der Waals surface area contributed by atoms with Crippen molar-refractivity contribution >= 4 is 58.5 Å². The van der Waals surface area contributed by atoms with Crippen LogP contribution in [0, 0.1) is 45.3 Å². The van der Waals surface area contributed by atoms with Crippen molar-refractivity contribution in [3.63, 3.8) is 0 Å². The standard InChI is InChI=1S/C45H66N10O8.Co/c1-21-36-24(10-13-30(47)57)41(3,4)28(53-36)18-27-23(9-12-29(46)56)43(6,19-33(50)60)39(52-27)22(2)37-25(11-14-31(48)58)44(7,20-34(51)61)45(8,55-37)40-26(17-32(49)59)42(5,38(21)54-40)16-15-35(62)63;/h18,23-26,40H,9-17,19-20H2,1-8H3,(H14,46,47,48,49,50,51,52,53,54,55,56,57,58,59,60,61,62,63);/q;+2/p-2/t23-,24-,25-,26+,40-,42-,43+,44+,45+;/m1./s1. The average molecular weight is 932 g/mol. The number of allylic oxidation sites excluding steroid dienone is 6. The number of rotatable bonds is 18. The van der Waals surface area contributed by atoms with E-state index in [2.05, 4.69) is 0 Å². The van der Waals surface area contributed by atoms with Gasteiger partial charge in [0.25, 0.3) is 0 Å². The molecule has 1 fully saturated rings. The molecular formula is C45H64CoN10O8. The number of primary amides is 6. The van der Waals surface area contributed by atoms with Crippen LogP contribution in [0.3, 0.4) is 0 Å². The molecule has 64 heavy (non-hydrogen) atoms. The number of carbonyl (C=O) groups is 7. The maximum absolute atomic E-state index is 13.4. The number of amides is 6. The SMILES string of the molecule is C/C1=C2/[N-][C@H]([C@H](CC(N)=O)[C@@]2(C)CCC(=O)[O-])[C@]2(C)N=C(/C(C)=C3N=C(/C=C4N=C1[C@@H](CCC(N)=O)C\4(C)C)[C@@H](CCC(N)=O)[C@]\3(C)CC(N)=O)[C@@H](CCC(N)=O)[C@]2(C)CC(N)=O.[Co+2]. The Hall–Kier alpha value is -5.17. The van der Waals surface area contributed by atoms with E-state index in [0.717, 1.165) is 0 Å². The van der Waals surface area contributed by atoms with Crippen LogP contribution in [0.15, 0.2) is 49.3 Å². The molecule has 12 N–H and O–H groups in total. The van der Waals surface area contributed by atoms with E-state index >= 15 is 0 Å². The van der Waals surface area contributed by atoms with Crippen LogP contribution in [0.25, 0.3) is 5.32 Å². The van der Waals surface area contributed by atoms with Gasteiger partial charge in [0, 0.05) is 101 Å². The number of aliphatic imine (C=N–C) groups is 3. The predicted molar refractivity (Wildman–Crippen MR) is 234 cm³/mol. The minimum Gasteiger partial charge on any atom is -0.682 e. The van der Waals surface area contributed by atoms with Crippen LogP contribution in [0.1, 0.15) is 126 Å². The van der Waals surface area contributed by atoms with Crippen LogP contribution < -0.4 is 39.5 Å². The summed E-state index contributed by atoms with van der Waals surface area (Å²) in [6.45, 7) is 14.9. The van der Waals surface area contributed by atoms with Gasteiger partial charge in [-0.2, -0.15) is 5.70 Å². The van der Waals surface area contributed by atoms with E-state index in [1.807, 2.05) is 54.5 Å². The summed E-state index contributed by atoms with van der Waals surface area (Å²) >= 11 is 0. The zero-order valence-electron chi connectivity index (χ0n) is 38.1. The fraction of sp³-hybridized carbons (Fsp3) is 0.644. The number of hydrogen-bond acceptors (Lipinski definition) is 11. The second-order valence-corrected chi connectivity index (χ2v) is 19.8. The molecule has 5 heterocycles.